The Labute approximate surface area is 168 Å². The third-order valence-electron chi connectivity index (χ3n) is 4.36. The maximum Gasteiger partial charge on any atom is 0.142 e. The maximum atomic E-state index is 5.93. The largest absolute Gasteiger partial charge is 0.490 e. The van der Waals surface area contributed by atoms with Gasteiger partial charge in [0.15, 0.2) is 0 Å². The molecule has 0 fully saturated rings. The molecule has 2 aromatic rings. The first-order valence-corrected chi connectivity index (χ1v) is 9.95. The zero-order valence-corrected chi connectivity index (χ0v) is 16.8. The Balaban J connectivity index is 1.78. The van der Waals surface area contributed by atoms with E-state index in [1.165, 1.54) is 0 Å². The number of hydrogen-bond donors (Lipinski definition) is 2. The Morgan fingerprint density at radius 2 is 1.21 bits per heavy atom. The first-order chi connectivity index (χ1) is 13.7. The highest BCUT2D eigenvalue weighted by molar-refractivity contribution is 5.52. The van der Waals surface area contributed by atoms with E-state index in [0.717, 1.165) is 50.6 Å². The molecule has 0 aliphatic rings. The predicted molar refractivity (Wildman–Crippen MR) is 115 cm³/mol. The molecule has 0 saturated heterocycles. The van der Waals surface area contributed by atoms with Crippen LogP contribution in [-0.2, 0) is 4.74 Å². The van der Waals surface area contributed by atoms with Crippen LogP contribution in [-0.4, -0.2) is 51.0 Å². The van der Waals surface area contributed by atoms with Crippen molar-refractivity contribution in [1.82, 2.24) is 4.90 Å². The Morgan fingerprint density at radius 1 is 0.714 bits per heavy atom. The molecule has 154 valence electrons. The average molecular weight is 388 g/mol. The zero-order chi connectivity index (χ0) is 20.0. The molecule has 2 rings (SSSR count). The van der Waals surface area contributed by atoms with E-state index in [4.69, 9.17) is 25.7 Å². The number of nitrogen functional groups attached to an aromatic ring is 2. The lowest BCUT2D eigenvalue weighted by molar-refractivity contribution is 0.0895. The monoisotopic (exact) mass is 387 g/mol. The molecule has 6 heteroatoms. The first-order valence-electron chi connectivity index (χ1n) is 9.95. The second-order valence-electron chi connectivity index (χ2n) is 6.58. The molecule has 0 heterocycles. The summed E-state index contributed by atoms with van der Waals surface area (Å²) in [5.74, 6) is 1.44. The van der Waals surface area contributed by atoms with Gasteiger partial charge in [0, 0.05) is 26.2 Å². The summed E-state index contributed by atoms with van der Waals surface area (Å²) in [7, 11) is 0. The van der Waals surface area contributed by atoms with E-state index in [1.807, 2.05) is 48.5 Å². The molecule has 0 amide bonds. The van der Waals surface area contributed by atoms with Crippen LogP contribution < -0.4 is 20.9 Å². The van der Waals surface area contributed by atoms with Crippen molar-refractivity contribution in [3.63, 3.8) is 0 Å². The molecular formula is C22H33N3O3. The molecule has 0 atom stereocenters. The van der Waals surface area contributed by atoms with Crippen molar-refractivity contribution >= 4 is 11.4 Å². The Bertz CT molecular complexity index is 630. The van der Waals surface area contributed by atoms with Crippen LogP contribution >= 0.6 is 0 Å². The average Bonchev–Trinajstić information content (AvgIpc) is 2.70. The molecule has 0 aliphatic heterocycles. The van der Waals surface area contributed by atoms with Crippen LogP contribution in [0.4, 0.5) is 11.4 Å². The molecule has 2 aromatic carbocycles. The molecule has 6 nitrogen and oxygen atoms in total. The van der Waals surface area contributed by atoms with E-state index in [1.54, 1.807) is 0 Å². The van der Waals surface area contributed by atoms with E-state index in [2.05, 4.69) is 11.8 Å². The smallest absolute Gasteiger partial charge is 0.142 e. The van der Waals surface area contributed by atoms with Gasteiger partial charge in [0.05, 0.1) is 18.0 Å². The minimum absolute atomic E-state index is 0.552. The van der Waals surface area contributed by atoms with Crippen molar-refractivity contribution in [2.24, 2.45) is 0 Å². The van der Waals surface area contributed by atoms with Gasteiger partial charge in [-0.25, -0.2) is 0 Å². The summed E-state index contributed by atoms with van der Waals surface area (Å²) in [5, 5.41) is 0. The third kappa shape index (κ3) is 8.06. The summed E-state index contributed by atoms with van der Waals surface area (Å²) in [6, 6.07) is 15.1. The van der Waals surface area contributed by atoms with Crippen molar-refractivity contribution < 1.29 is 14.2 Å². The number of unbranched alkanes of at least 4 members (excludes halogenated alkanes) is 1. The highest BCUT2D eigenvalue weighted by Gasteiger charge is 2.08. The number of para-hydroxylation sites is 4. The Morgan fingerprint density at radius 3 is 1.71 bits per heavy atom. The quantitative estimate of drug-likeness (QED) is 0.382. The molecule has 0 saturated carbocycles. The summed E-state index contributed by atoms with van der Waals surface area (Å²) in [4.78, 5) is 2.27. The Kier molecular flexibility index (Phi) is 10.0. The predicted octanol–water partition coefficient (Wildman–Crippen LogP) is 3.43. The van der Waals surface area contributed by atoms with Crippen molar-refractivity contribution in [1.29, 1.82) is 0 Å². The van der Waals surface area contributed by atoms with Gasteiger partial charge in [-0.05, 0) is 30.7 Å². The van der Waals surface area contributed by atoms with Crippen LogP contribution in [0, 0.1) is 0 Å². The maximum absolute atomic E-state index is 5.93. The summed E-state index contributed by atoms with van der Waals surface area (Å²) >= 11 is 0. The molecule has 28 heavy (non-hydrogen) atoms. The minimum atomic E-state index is 0.552. The zero-order valence-electron chi connectivity index (χ0n) is 16.8. The van der Waals surface area contributed by atoms with Gasteiger partial charge >= 0.3 is 0 Å². The normalized spacial score (nSPS) is 10.9. The van der Waals surface area contributed by atoms with Crippen molar-refractivity contribution in [3.05, 3.63) is 48.5 Å². The van der Waals surface area contributed by atoms with Gasteiger partial charge in [-0.1, -0.05) is 37.6 Å². The van der Waals surface area contributed by atoms with Crippen LogP contribution in [0.3, 0.4) is 0 Å². The van der Waals surface area contributed by atoms with Gasteiger partial charge < -0.3 is 25.7 Å². The number of ether oxygens (including phenoxy) is 3. The number of nitrogens with zero attached hydrogens (tertiary/aromatic N) is 1. The van der Waals surface area contributed by atoms with E-state index in [-0.39, 0.29) is 0 Å². The number of hydrogen-bond acceptors (Lipinski definition) is 6. The number of nitrogens with two attached hydrogens (primary N) is 2. The van der Waals surface area contributed by atoms with Crippen LogP contribution in [0.1, 0.15) is 19.8 Å². The van der Waals surface area contributed by atoms with Crippen LogP contribution in [0.2, 0.25) is 0 Å². The Hall–Kier alpha value is -2.44. The van der Waals surface area contributed by atoms with Crippen LogP contribution in [0.25, 0.3) is 0 Å². The van der Waals surface area contributed by atoms with Crippen molar-refractivity contribution in [2.75, 3.05) is 57.5 Å². The molecule has 0 bridgehead atoms. The van der Waals surface area contributed by atoms with Gasteiger partial charge in [0.1, 0.15) is 24.7 Å². The first kappa shape index (κ1) is 21.9. The lowest BCUT2D eigenvalue weighted by atomic mass is 10.3. The minimum Gasteiger partial charge on any atom is -0.490 e. The van der Waals surface area contributed by atoms with Gasteiger partial charge in [-0.3, -0.25) is 4.90 Å². The fourth-order valence-electron chi connectivity index (χ4n) is 2.67. The van der Waals surface area contributed by atoms with E-state index in [9.17, 15) is 0 Å². The molecule has 0 aromatic heterocycles. The van der Waals surface area contributed by atoms with Gasteiger partial charge in [-0.2, -0.15) is 0 Å². The molecule has 0 spiro atoms. The highest BCUT2D eigenvalue weighted by atomic mass is 16.5. The SMILES string of the molecule is CCCCOCCN(CCOc1ccccc1N)CCOc1ccccc1N. The van der Waals surface area contributed by atoms with Gasteiger partial charge in [0.2, 0.25) is 0 Å². The molecule has 0 aliphatic carbocycles. The second-order valence-corrected chi connectivity index (χ2v) is 6.58. The molecule has 0 unspecified atom stereocenters. The standard InChI is InChI=1S/C22H33N3O3/c1-2-3-15-26-16-12-25(13-17-27-21-10-6-4-8-19(21)23)14-18-28-22-11-7-5-9-20(22)24/h4-11H,2-3,12-18,23-24H2,1H3. The summed E-state index contributed by atoms with van der Waals surface area (Å²) in [6.45, 7) is 7.12. The van der Waals surface area contributed by atoms with Crippen LogP contribution in [0.5, 0.6) is 11.5 Å². The van der Waals surface area contributed by atoms with Gasteiger partial charge in [0.25, 0.3) is 0 Å². The van der Waals surface area contributed by atoms with Gasteiger partial charge in [-0.15, -0.1) is 0 Å². The van der Waals surface area contributed by atoms with E-state index < -0.39 is 0 Å². The highest BCUT2D eigenvalue weighted by Crippen LogP contribution is 2.20. The molecule has 0 radical (unpaired) electrons. The molecule has 4 N–H and O–H groups in total. The number of benzene rings is 2. The summed E-state index contributed by atoms with van der Waals surface area (Å²) < 4.78 is 17.4. The van der Waals surface area contributed by atoms with Crippen molar-refractivity contribution in [3.8, 4) is 11.5 Å². The topological polar surface area (TPSA) is 83.0 Å². The van der Waals surface area contributed by atoms with Crippen molar-refractivity contribution in [2.45, 2.75) is 19.8 Å². The number of anilines is 2. The number of rotatable bonds is 14. The molecular weight excluding hydrogens is 354 g/mol. The lowest BCUT2D eigenvalue weighted by Gasteiger charge is -2.23. The summed E-state index contributed by atoms with van der Waals surface area (Å²) in [5.41, 5.74) is 13.2. The van der Waals surface area contributed by atoms with E-state index in [0.29, 0.717) is 31.2 Å². The third-order valence-corrected chi connectivity index (χ3v) is 4.36. The van der Waals surface area contributed by atoms with E-state index >= 15 is 0 Å². The fraction of sp³-hybridized carbons (Fsp3) is 0.455. The second kappa shape index (κ2) is 12.9. The fourth-order valence-corrected chi connectivity index (χ4v) is 2.67. The van der Waals surface area contributed by atoms with Crippen LogP contribution in [0.15, 0.2) is 48.5 Å². The lowest BCUT2D eigenvalue weighted by Crippen LogP contribution is -2.35. The summed E-state index contributed by atoms with van der Waals surface area (Å²) in [6.07, 6.45) is 2.23.